The van der Waals surface area contributed by atoms with Crippen molar-refractivity contribution in [2.75, 3.05) is 18.8 Å². The Balaban J connectivity index is 0.00000169. The average molecular weight is 253 g/mol. The standard InChI is InChI=1S/C5H8BF3NO2S.K/c1-5(6(7,8)9)4-10-2-3-13(10,11)12;/h1-4H2;/q-1;+1. The van der Waals surface area contributed by atoms with Crippen LogP contribution in [0, 0.1) is 0 Å². The second-order valence-electron chi connectivity index (χ2n) is 2.88. The molecule has 1 heterocycles. The van der Waals surface area contributed by atoms with Crippen LogP contribution in [0.3, 0.4) is 0 Å². The SMILES string of the molecule is C=C(CN1CCS1(=O)=O)[B-](F)(F)F.[K+]. The smallest absolute Gasteiger partial charge is 0.445 e. The van der Waals surface area contributed by atoms with Gasteiger partial charge in [0.1, 0.15) is 0 Å². The molecule has 0 bridgehead atoms. The van der Waals surface area contributed by atoms with Crippen LogP contribution in [-0.2, 0) is 10.0 Å². The molecule has 1 aliphatic rings. The molecule has 0 unspecified atom stereocenters. The molecule has 76 valence electrons. The van der Waals surface area contributed by atoms with E-state index in [-0.39, 0.29) is 63.7 Å². The van der Waals surface area contributed by atoms with Gasteiger partial charge in [0.15, 0.2) is 0 Å². The largest absolute Gasteiger partial charge is 1.00 e. The third-order valence-corrected chi connectivity index (χ3v) is 3.63. The fraction of sp³-hybridized carbons (Fsp3) is 0.600. The Morgan fingerprint density at radius 3 is 2.14 bits per heavy atom. The number of nitrogens with zero attached hydrogens (tertiary/aromatic N) is 1. The molecule has 0 aliphatic carbocycles. The van der Waals surface area contributed by atoms with E-state index in [1.54, 1.807) is 0 Å². The second-order valence-corrected chi connectivity index (χ2v) is 4.97. The number of sulfonamides is 1. The van der Waals surface area contributed by atoms with Crippen LogP contribution in [0.1, 0.15) is 0 Å². The first-order valence-corrected chi connectivity index (χ1v) is 5.20. The quantitative estimate of drug-likeness (QED) is 0.525. The van der Waals surface area contributed by atoms with Gasteiger partial charge in [-0.25, -0.2) is 8.42 Å². The van der Waals surface area contributed by atoms with Crippen LogP contribution in [0.5, 0.6) is 0 Å². The average Bonchev–Trinajstić information content (AvgIpc) is 1.96. The van der Waals surface area contributed by atoms with Crippen LogP contribution in [0.2, 0.25) is 0 Å². The zero-order chi connectivity index (χ0) is 10.3. The Morgan fingerprint density at radius 1 is 1.43 bits per heavy atom. The van der Waals surface area contributed by atoms with Gasteiger partial charge in [0, 0.05) is 13.1 Å². The third-order valence-electron chi connectivity index (χ3n) is 1.83. The molecule has 14 heavy (non-hydrogen) atoms. The molecule has 0 aromatic heterocycles. The Hall–Kier alpha value is 1.14. The molecule has 0 aromatic rings. The van der Waals surface area contributed by atoms with Crippen LogP contribution in [0.25, 0.3) is 0 Å². The van der Waals surface area contributed by atoms with E-state index in [0.29, 0.717) is 0 Å². The van der Waals surface area contributed by atoms with Gasteiger partial charge in [0.25, 0.3) is 0 Å². The van der Waals surface area contributed by atoms with Gasteiger partial charge >= 0.3 is 58.4 Å². The molecule has 0 atom stereocenters. The summed E-state index contributed by atoms with van der Waals surface area (Å²) in [6.07, 6.45) is 0. The van der Waals surface area contributed by atoms with Crippen LogP contribution in [0.4, 0.5) is 12.9 Å². The Labute approximate surface area is 123 Å². The summed E-state index contributed by atoms with van der Waals surface area (Å²) in [5.41, 5.74) is -0.969. The van der Waals surface area contributed by atoms with Gasteiger partial charge in [0.05, 0.1) is 5.75 Å². The Kier molecular flexibility index (Phi) is 5.39. The zero-order valence-corrected chi connectivity index (χ0v) is 11.7. The van der Waals surface area contributed by atoms with Gasteiger partial charge in [-0.3, -0.25) is 0 Å². The predicted molar refractivity (Wildman–Crippen MR) is 43.6 cm³/mol. The van der Waals surface area contributed by atoms with Crippen molar-refractivity contribution in [3.05, 3.63) is 12.1 Å². The molecule has 1 aliphatic heterocycles. The molecule has 1 fully saturated rings. The summed E-state index contributed by atoms with van der Waals surface area (Å²) in [6, 6.07) is 0. The summed E-state index contributed by atoms with van der Waals surface area (Å²) in [5.74, 6) is -0.0643. The molecule has 0 radical (unpaired) electrons. The molecular formula is C5H8BF3KNO2S. The van der Waals surface area contributed by atoms with E-state index in [9.17, 15) is 21.4 Å². The van der Waals surface area contributed by atoms with E-state index in [4.69, 9.17) is 0 Å². The molecule has 0 aromatic carbocycles. The number of halogens is 3. The van der Waals surface area contributed by atoms with E-state index in [1.807, 2.05) is 0 Å². The zero-order valence-electron chi connectivity index (χ0n) is 7.71. The van der Waals surface area contributed by atoms with Crippen molar-refractivity contribution >= 4 is 17.0 Å². The number of rotatable bonds is 3. The summed E-state index contributed by atoms with van der Waals surface area (Å²) < 4.78 is 58.3. The van der Waals surface area contributed by atoms with E-state index >= 15 is 0 Å². The molecule has 0 amide bonds. The van der Waals surface area contributed by atoms with Crippen molar-refractivity contribution in [3.8, 4) is 0 Å². The maximum atomic E-state index is 12.0. The summed E-state index contributed by atoms with van der Waals surface area (Å²) in [5, 5.41) is 0. The van der Waals surface area contributed by atoms with Gasteiger partial charge in [0.2, 0.25) is 10.0 Å². The van der Waals surface area contributed by atoms with Gasteiger partial charge in [-0.1, -0.05) is 0 Å². The first-order valence-electron chi connectivity index (χ1n) is 3.59. The molecule has 0 spiro atoms. The van der Waals surface area contributed by atoms with Crippen LogP contribution in [-0.4, -0.2) is 38.5 Å². The maximum Gasteiger partial charge on any atom is 1.00 e. The molecule has 9 heteroatoms. The van der Waals surface area contributed by atoms with E-state index in [0.717, 1.165) is 4.31 Å². The molecule has 1 saturated heterocycles. The minimum atomic E-state index is -5.12. The minimum absolute atomic E-state index is 0. The molecule has 0 N–H and O–H groups in total. The van der Waals surface area contributed by atoms with E-state index in [2.05, 4.69) is 6.58 Å². The number of hydrogen-bond donors (Lipinski definition) is 0. The fourth-order valence-corrected chi connectivity index (χ4v) is 1.98. The predicted octanol–water partition coefficient (Wildman–Crippen LogP) is -2.42. The van der Waals surface area contributed by atoms with Gasteiger partial charge in [-0.05, 0) is 0 Å². The van der Waals surface area contributed by atoms with Gasteiger partial charge in [-0.15, -0.1) is 12.1 Å². The van der Waals surface area contributed by atoms with Gasteiger partial charge < -0.3 is 12.9 Å². The van der Waals surface area contributed by atoms with Crippen LogP contribution < -0.4 is 51.4 Å². The topological polar surface area (TPSA) is 37.4 Å². The summed E-state index contributed by atoms with van der Waals surface area (Å²) >= 11 is 0. The van der Waals surface area contributed by atoms with Crippen molar-refractivity contribution in [2.45, 2.75) is 0 Å². The molecular weight excluding hydrogens is 245 g/mol. The summed E-state index contributed by atoms with van der Waals surface area (Å²) in [7, 11) is -3.40. The second kappa shape index (κ2) is 4.98. The first-order chi connectivity index (χ1) is 5.73. The van der Waals surface area contributed by atoms with Crippen molar-refractivity contribution < 1.29 is 72.7 Å². The normalized spacial score (nSPS) is 20.8. The maximum absolute atomic E-state index is 12.0. The summed E-state index contributed by atoms with van der Waals surface area (Å²) in [4.78, 5) is 0. The molecule has 1 rings (SSSR count). The fourth-order valence-electron chi connectivity index (χ4n) is 0.877. The van der Waals surface area contributed by atoms with E-state index in [1.165, 1.54) is 0 Å². The Bertz CT molecular complexity index is 328. The first kappa shape index (κ1) is 15.1. The van der Waals surface area contributed by atoms with Crippen molar-refractivity contribution in [1.82, 2.24) is 4.31 Å². The van der Waals surface area contributed by atoms with Crippen molar-refractivity contribution in [1.29, 1.82) is 0 Å². The molecule has 3 nitrogen and oxygen atoms in total. The van der Waals surface area contributed by atoms with Crippen LogP contribution >= 0.6 is 0 Å². The monoisotopic (exact) mass is 253 g/mol. The van der Waals surface area contributed by atoms with Crippen LogP contribution in [0.15, 0.2) is 12.1 Å². The molecule has 0 saturated carbocycles. The third kappa shape index (κ3) is 3.62. The van der Waals surface area contributed by atoms with Gasteiger partial charge in [-0.2, -0.15) is 4.31 Å². The van der Waals surface area contributed by atoms with E-state index < -0.39 is 29.0 Å². The van der Waals surface area contributed by atoms with Crippen molar-refractivity contribution in [2.24, 2.45) is 0 Å². The number of hydrogen-bond acceptors (Lipinski definition) is 2. The summed E-state index contributed by atoms with van der Waals surface area (Å²) in [6.45, 7) is -2.77. The minimum Gasteiger partial charge on any atom is -0.445 e. The Morgan fingerprint density at radius 2 is 1.93 bits per heavy atom. The van der Waals surface area contributed by atoms with Crippen molar-refractivity contribution in [3.63, 3.8) is 0 Å².